The zero-order chi connectivity index (χ0) is 32.2. The van der Waals surface area contributed by atoms with Gasteiger partial charge in [-0.1, -0.05) is 31.8 Å². The van der Waals surface area contributed by atoms with E-state index in [1.54, 1.807) is 22.3 Å². The summed E-state index contributed by atoms with van der Waals surface area (Å²) in [6.07, 6.45) is 12.2. The second-order valence-electron chi connectivity index (χ2n) is 10.4. The summed E-state index contributed by atoms with van der Waals surface area (Å²) in [6, 6.07) is 14.0. The van der Waals surface area contributed by atoms with E-state index in [0.717, 1.165) is 42.3 Å². The molecule has 0 saturated heterocycles. The van der Waals surface area contributed by atoms with Crippen molar-refractivity contribution in [2.24, 2.45) is 5.92 Å². The number of hydrogen-bond donors (Lipinski definition) is 3. The largest absolute Gasteiger partial charge is 0.478 e. The first kappa shape index (κ1) is 37.1. The van der Waals surface area contributed by atoms with Gasteiger partial charge in [-0.05, 0) is 98.0 Å². The Morgan fingerprint density at radius 1 is 0.600 bits per heavy atom. The van der Waals surface area contributed by atoms with Crippen molar-refractivity contribution in [3.8, 4) is 0 Å². The maximum atomic E-state index is 12.2. The fourth-order valence-corrected chi connectivity index (χ4v) is 5.28. The van der Waals surface area contributed by atoms with Crippen molar-refractivity contribution < 1.29 is 64.6 Å². The second-order valence-corrected chi connectivity index (χ2v) is 10.4. The summed E-state index contributed by atoms with van der Waals surface area (Å²) in [7, 11) is 0. The first-order chi connectivity index (χ1) is 21.0. The van der Waals surface area contributed by atoms with Crippen molar-refractivity contribution in [3.05, 3.63) is 136 Å². The van der Waals surface area contributed by atoms with E-state index in [1.165, 1.54) is 81.3 Å². The van der Waals surface area contributed by atoms with Crippen LogP contribution in [-0.4, -0.2) is 33.2 Å². The molecule has 45 heavy (non-hydrogen) atoms. The molecule has 6 nitrogen and oxygen atoms in total. The van der Waals surface area contributed by atoms with Crippen LogP contribution in [0.4, 0.5) is 13.2 Å². The number of halogens is 3. The molecule has 1 unspecified atom stereocenters. The van der Waals surface area contributed by atoms with Crippen molar-refractivity contribution in [1.82, 2.24) is 0 Å². The molecule has 0 radical (unpaired) electrons. The zero-order valence-corrected chi connectivity index (χ0v) is 26.3. The minimum atomic E-state index is -1.04. The number of aromatic carboxylic acids is 3. The Morgan fingerprint density at radius 3 is 1.33 bits per heavy atom. The molecule has 0 spiro atoms. The van der Waals surface area contributed by atoms with Gasteiger partial charge in [0.15, 0.2) is 0 Å². The quantitative estimate of drug-likeness (QED) is 0.192. The summed E-state index contributed by atoms with van der Waals surface area (Å²) in [4.78, 5) is 30.6. The van der Waals surface area contributed by atoms with Crippen LogP contribution in [0.3, 0.4) is 0 Å². The number of carboxylic acid groups (broad SMARTS) is 3. The Balaban J connectivity index is 0.000000211. The van der Waals surface area contributed by atoms with Crippen molar-refractivity contribution in [1.29, 1.82) is 0 Å². The Kier molecular flexibility index (Phi) is 14.9. The zero-order valence-electron chi connectivity index (χ0n) is 24.7. The van der Waals surface area contributed by atoms with Gasteiger partial charge in [0.25, 0.3) is 0 Å². The molecule has 6 rings (SSSR count). The van der Waals surface area contributed by atoms with E-state index in [2.05, 4.69) is 13.3 Å². The van der Waals surface area contributed by atoms with Gasteiger partial charge in [0.05, 0.1) is 16.7 Å². The molecule has 0 heterocycles. The number of hydrogen-bond acceptors (Lipinski definition) is 3. The Labute approximate surface area is 275 Å². The average Bonchev–Trinajstić information content (AvgIpc) is 3.31. The van der Waals surface area contributed by atoms with Crippen LogP contribution in [0.1, 0.15) is 82.9 Å². The molecule has 3 aliphatic rings. The molecule has 0 aromatic heterocycles. The molecular formula is C35H34F3O6Ti-. The van der Waals surface area contributed by atoms with Gasteiger partial charge in [-0.15, -0.1) is 12.0 Å². The second kappa shape index (κ2) is 18.0. The van der Waals surface area contributed by atoms with E-state index in [0.29, 0.717) is 0 Å². The molecule has 0 aliphatic heterocycles. The molecule has 0 bridgehead atoms. The molecule has 0 saturated carbocycles. The Bertz CT molecular complexity index is 1350. The molecule has 236 valence electrons. The van der Waals surface area contributed by atoms with Crippen LogP contribution in [0.25, 0.3) is 0 Å². The summed E-state index contributed by atoms with van der Waals surface area (Å²) >= 11 is 0. The first-order valence-electron chi connectivity index (χ1n) is 14.2. The van der Waals surface area contributed by atoms with Gasteiger partial charge in [-0.25, -0.2) is 39.5 Å². The molecule has 3 aromatic carbocycles. The average molecular weight is 656 g/mol. The Hall–Kier alpha value is -4.08. The van der Waals surface area contributed by atoms with E-state index in [1.807, 2.05) is 0 Å². The minimum absolute atomic E-state index is 0. The van der Waals surface area contributed by atoms with Crippen molar-refractivity contribution in [2.45, 2.75) is 51.9 Å². The number of rotatable bonds is 3. The monoisotopic (exact) mass is 655 g/mol. The topological polar surface area (TPSA) is 112 Å². The summed E-state index contributed by atoms with van der Waals surface area (Å²) in [5, 5.41) is 25.1. The fraction of sp³-hybridized carbons (Fsp3) is 0.257. The van der Waals surface area contributed by atoms with Crippen molar-refractivity contribution in [3.63, 3.8) is 0 Å². The van der Waals surface area contributed by atoms with Crippen LogP contribution in [0.5, 0.6) is 0 Å². The maximum absolute atomic E-state index is 12.2. The van der Waals surface area contributed by atoms with Crippen LogP contribution >= 0.6 is 0 Å². The third kappa shape index (κ3) is 11.1. The summed E-state index contributed by atoms with van der Waals surface area (Å²) < 4.78 is 36.5. The molecule has 1 atom stereocenters. The molecular weight excluding hydrogens is 621 g/mol. The van der Waals surface area contributed by atoms with Gasteiger partial charge in [-0.2, -0.15) is 5.57 Å². The van der Waals surface area contributed by atoms with Crippen molar-refractivity contribution >= 4 is 17.9 Å². The van der Waals surface area contributed by atoms with Crippen LogP contribution in [0.15, 0.2) is 95.1 Å². The van der Waals surface area contributed by atoms with Gasteiger partial charge in [0.1, 0.15) is 17.5 Å². The number of carboxylic acids is 3. The molecule has 3 aromatic rings. The fourth-order valence-electron chi connectivity index (χ4n) is 5.28. The molecule has 0 amide bonds. The van der Waals surface area contributed by atoms with E-state index in [4.69, 9.17) is 15.3 Å². The standard InChI is InChI=1S/C14H19.3C7H5FO2.Ti/c1-10-11-6-2-4-8-13(11)14-9-5-3-7-12(10)14;3*8-6-3-1-5(2-4-6)7(9)10;/h6,10H,2-5,7-9H2,1H3;3*1-4H,(H,9,10);/q-1;;;;. The van der Waals surface area contributed by atoms with Crippen LogP contribution in [-0.2, 0) is 21.7 Å². The van der Waals surface area contributed by atoms with E-state index in [-0.39, 0.29) is 38.4 Å². The number of carbonyl (C=O) groups is 3. The molecule has 0 fully saturated rings. The molecule has 3 aliphatic carbocycles. The summed E-state index contributed by atoms with van der Waals surface area (Å²) in [5.41, 5.74) is 7.36. The van der Waals surface area contributed by atoms with E-state index < -0.39 is 35.4 Å². The normalized spacial score (nSPS) is 16.0. The minimum Gasteiger partial charge on any atom is -0.478 e. The van der Waals surface area contributed by atoms with Crippen LogP contribution < -0.4 is 0 Å². The van der Waals surface area contributed by atoms with Gasteiger partial charge >= 0.3 is 17.9 Å². The van der Waals surface area contributed by atoms with Crippen LogP contribution in [0, 0.1) is 29.8 Å². The van der Waals surface area contributed by atoms with E-state index in [9.17, 15) is 27.6 Å². The van der Waals surface area contributed by atoms with Gasteiger partial charge < -0.3 is 15.3 Å². The van der Waals surface area contributed by atoms with Gasteiger partial charge in [-0.3, -0.25) is 0 Å². The number of fused-ring (bicyclic) bond motifs is 1. The summed E-state index contributed by atoms with van der Waals surface area (Å²) in [6.45, 7) is 2.42. The summed E-state index contributed by atoms with van der Waals surface area (Å²) in [5.74, 6) is -3.62. The SMILES string of the molecule is CC1C2=C(CCC[CH-]2)C2=C1CCCC2.O=C(O)c1ccc(F)cc1.O=C(O)c1ccc(F)cc1.O=C(O)c1ccc(F)cc1.[Ti]. The molecule has 3 N–H and O–H groups in total. The third-order valence-electron chi connectivity index (χ3n) is 7.48. The maximum Gasteiger partial charge on any atom is 0.335 e. The number of allylic oxidation sites excluding steroid dienone is 4. The van der Waals surface area contributed by atoms with Gasteiger partial charge in [0.2, 0.25) is 0 Å². The Morgan fingerprint density at radius 2 is 0.956 bits per heavy atom. The third-order valence-corrected chi connectivity index (χ3v) is 7.48. The first-order valence-corrected chi connectivity index (χ1v) is 14.2. The van der Waals surface area contributed by atoms with Gasteiger partial charge in [0, 0.05) is 21.7 Å². The van der Waals surface area contributed by atoms with E-state index >= 15 is 0 Å². The number of benzene rings is 3. The molecule has 10 heteroatoms. The van der Waals surface area contributed by atoms with Crippen molar-refractivity contribution in [2.75, 3.05) is 0 Å². The smallest absolute Gasteiger partial charge is 0.335 e. The predicted octanol–water partition coefficient (Wildman–Crippen LogP) is 8.76. The van der Waals surface area contributed by atoms with Crippen LogP contribution in [0.2, 0.25) is 0 Å². The predicted molar refractivity (Wildman–Crippen MR) is 160 cm³/mol.